The summed E-state index contributed by atoms with van der Waals surface area (Å²) in [5, 5.41) is 7.66. The van der Waals surface area contributed by atoms with Crippen molar-refractivity contribution in [3.63, 3.8) is 0 Å². The molecule has 4 rings (SSSR count). The van der Waals surface area contributed by atoms with E-state index in [-0.39, 0.29) is 24.0 Å². The first-order valence-electron chi connectivity index (χ1n) is 11.3. The van der Waals surface area contributed by atoms with Crippen molar-refractivity contribution in [2.45, 2.75) is 45.2 Å². The quantitative estimate of drug-likeness (QED) is 0.311. The lowest BCUT2D eigenvalue weighted by molar-refractivity contribution is 0.573. The zero-order chi connectivity index (χ0) is 21.5. The van der Waals surface area contributed by atoms with Crippen LogP contribution in [0.5, 0.6) is 0 Å². The molecule has 1 atom stereocenters. The average molecular weight is 570 g/mol. The van der Waals surface area contributed by atoms with E-state index < -0.39 is 0 Å². The van der Waals surface area contributed by atoms with Gasteiger partial charge in [0.1, 0.15) is 11.6 Å². The minimum Gasteiger partial charge on any atom is -0.357 e. The molecule has 4 heterocycles. The molecule has 2 fully saturated rings. The molecule has 2 aliphatic heterocycles. The third-order valence-electron chi connectivity index (χ3n) is 5.82. The summed E-state index contributed by atoms with van der Waals surface area (Å²) < 4.78 is 0. The van der Waals surface area contributed by atoms with E-state index in [1.54, 1.807) is 6.20 Å². The summed E-state index contributed by atoms with van der Waals surface area (Å²) in [5.74, 6) is 2.78. The van der Waals surface area contributed by atoms with E-state index in [4.69, 9.17) is 16.6 Å². The molecule has 0 aliphatic carbocycles. The summed E-state index contributed by atoms with van der Waals surface area (Å²) >= 11 is 6.32. The molecular weight excluding hydrogens is 537 g/mol. The van der Waals surface area contributed by atoms with E-state index in [9.17, 15) is 0 Å². The van der Waals surface area contributed by atoms with Gasteiger partial charge in [0, 0.05) is 51.2 Å². The molecule has 0 radical (unpaired) electrons. The molecule has 174 valence electrons. The standard InChI is InChI=1S/C23H32ClN7.HI/c1-2-25-23(29-19-9-14-31(17-19)22-20(24)7-6-10-27-22)28-16-18-8-11-26-21(15-18)30-12-4-3-5-13-30;/h6-8,10-11,15,19H,2-5,9,12-14,16-17H2,1H3,(H2,25,28,29);1H. The molecule has 2 N–H and O–H groups in total. The minimum absolute atomic E-state index is 0. The van der Waals surface area contributed by atoms with E-state index in [0.717, 1.165) is 56.7 Å². The number of piperidine rings is 1. The Hall–Kier alpha value is -1.81. The fourth-order valence-electron chi connectivity index (χ4n) is 4.22. The van der Waals surface area contributed by atoms with Gasteiger partial charge in [-0.15, -0.1) is 24.0 Å². The van der Waals surface area contributed by atoms with Gasteiger partial charge in [-0.3, -0.25) is 0 Å². The monoisotopic (exact) mass is 569 g/mol. The zero-order valence-corrected chi connectivity index (χ0v) is 21.7. The number of rotatable bonds is 6. The Labute approximate surface area is 213 Å². The van der Waals surface area contributed by atoms with Crippen LogP contribution in [0.3, 0.4) is 0 Å². The summed E-state index contributed by atoms with van der Waals surface area (Å²) in [6, 6.07) is 8.30. The second-order valence-electron chi connectivity index (χ2n) is 8.15. The topological polar surface area (TPSA) is 68.7 Å². The molecule has 0 spiro atoms. The molecule has 9 heteroatoms. The zero-order valence-electron chi connectivity index (χ0n) is 18.6. The van der Waals surface area contributed by atoms with Crippen LogP contribution in [0.4, 0.5) is 11.6 Å². The first kappa shape index (κ1) is 24.8. The molecule has 1 unspecified atom stereocenters. The Kier molecular flexibility index (Phi) is 9.65. The fourth-order valence-corrected chi connectivity index (χ4v) is 4.46. The van der Waals surface area contributed by atoms with Crippen LogP contribution in [0.1, 0.15) is 38.2 Å². The van der Waals surface area contributed by atoms with Crippen molar-refractivity contribution in [1.29, 1.82) is 0 Å². The van der Waals surface area contributed by atoms with Crippen molar-refractivity contribution in [2.24, 2.45) is 4.99 Å². The number of nitrogens with one attached hydrogen (secondary N) is 2. The number of hydrogen-bond acceptors (Lipinski definition) is 5. The third kappa shape index (κ3) is 6.60. The van der Waals surface area contributed by atoms with Crippen molar-refractivity contribution >= 4 is 53.2 Å². The van der Waals surface area contributed by atoms with Crippen LogP contribution in [0.2, 0.25) is 5.02 Å². The molecule has 2 aromatic heterocycles. The van der Waals surface area contributed by atoms with Crippen LogP contribution >= 0.6 is 35.6 Å². The van der Waals surface area contributed by atoms with Gasteiger partial charge in [-0.05, 0) is 62.4 Å². The van der Waals surface area contributed by atoms with Gasteiger partial charge in [0.15, 0.2) is 5.96 Å². The smallest absolute Gasteiger partial charge is 0.191 e. The minimum atomic E-state index is 0. The van der Waals surface area contributed by atoms with Crippen molar-refractivity contribution in [3.05, 3.63) is 47.2 Å². The summed E-state index contributed by atoms with van der Waals surface area (Å²) in [6.45, 7) is 7.52. The number of halogens is 2. The highest BCUT2D eigenvalue weighted by Crippen LogP contribution is 2.25. The summed E-state index contributed by atoms with van der Waals surface area (Å²) in [6.07, 6.45) is 8.54. The van der Waals surface area contributed by atoms with Crippen LogP contribution in [0.15, 0.2) is 41.7 Å². The normalized spacial score (nSPS) is 18.9. The fraction of sp³-hybridized carbons (Fsp3) is 0.522. The SMILES string of the molecule is CCNC(=NCc1ccnc(N2CCCCC2)c1)NC1CCN(c2ncccc2Cl)C1.I. The van der Waals surface area contributed by atoms with Crippen molar-refractivity contribution in [2.75, 3.05) is 42.5 Å². The number of nitrogens with zero attached hydrogens (tertiary/aromatic N) is 5. The van der Waals surface area contributed by atoms with Crippen LogP contribution < -0.4 is 20.4 Å². The van der Waals surface area contributed by atoms with Gasteiger partial charge in [-0.2, -0.15) is 0 Å². The lowest BCUT2D eigenvalue weighted by Gasteiger charge is -2.27. The number of pyridine rings is 2. The van der Waals surface area contributed by atoms with Gasteiger partial charge in [0.25, 0.3) is 0 Å². The van der Waals surface area contributed by atoms with Gasteiger partial charge in [0.05, 0.1) is 11.6 Å². The summed E-state index contributed by atoms with van der Waals surface area (Å²) in [5.41, 5.74) is 1.18. The lowest BCUT2D eigenvalue weighted by Crippen LogP contribution is -2.44. The van der Waals surface area contributed by atoms with Gasteiger partial charge < -0.3 is 20.4 Å². The van der Waals surface area contributed by atoms with Gasteiger partial charge in [-0.25, -0.2) is 15.0 Å². The van der Waals surface area contributed by atoms with Crippen LogP contribution in [-0.4, -0.2) is 54.7 Å². The molecule has 0 aromatic carbocycles. The predicted octanol–water partition coefficient (Wildman–Crippen LogP) is 4.07. The van der Waals surface area contributed by atoms with E-state index in [1.807, 2.05) is 18.3 Å². The van der Waals surface area contributed by atoms with E-state index >= 15 is 0 Å². The predicted molar refractivity (Wildman–Crippen MR) is 144 cm³/mol. The van der Waals surface area contributed by atoms with Crippen LogP contribution in [-0.2, 0) is 6.54 Å². The third-order valence-corrected chi connectivity index (χ3v) is 6.12. The highest BCUT2D eigenvalue weighted by Gasteiger charge is 2.25. The highest BCUT2D eigenvalue weighted by molar-refractivity contribution is 14.0. The number of aliphatic imine (C=N–C) groups is 1. The van der Waals surface area contributed by atoms with Gasteiger partial charge >= 0.3 is 0 Å². The van der Waals surface area contributed by atoms with Crippen LogP contribution in [0.25, 0.3) is 0 Å². The van der Waals surface area contributed by atoms with Crippen LogP contribution in [0, 0.1) is 0 Å². The van der Waals surface area contributed by atoms with E-state index in [0.29, 0.717) is 17.6 Å². The second kappa shape index (κ2) is 12.4. The molecule has 2 aromatic rings. The molecule has 0 bridgehead atoms. The maximum absolute atomic E-state index is 6.32. The number of aromatic nitrogens is 2. The number of guanidine groups is 1. The molecule has 32 heavy (non-hydrogen) atoms. The largest absolute Gasteiger partial charge is 0.357 e. The Morgan fingerprint density at radius 2 is 1.97 bits per heavy atom. The van der Waals surface area contributed by atoms with E-state index in [2.05, 4.69) is 49.5 Å². The lowest BCUT2D eigenvalue weighted by atomic mass is 10.1. The Bertz CT molecular complexity index is 888. The first-order valence-corrected chi connectivity index (χ1v) is 11.7. The maximum atomic E-state index is 6.32. The van der Waals surface area contributed by atoms with Crippen molar-refractivity contribution < 1.29 is 0 Å². The molecule has 7 nitrogen and oxygen atoms in total. The van der Waals surface area contributed by atoms with Crippen molar-refractivity contribution in [3.8, 4) is 0 Å². The maximum Gasteiger partial charge on any atom is 0.191 e. The Balaban J connectivity index is 0.00000289. The number of hydrogen-bond donors (Lipinski definition) is 2. The Morgan fingerprint density at radius 3 is 2.75 bits per heavy atom. The highest BCUT2D eigenvalue weighted by atomic mass is 127. The molecule has 0 amide bonds. The molecule has 2 saturated heterocycles. The number of anilines is 2. The molecular formula is C23H33ClIN7. The van der Waals surface area contributed by atoms with Gasteiger partial charge in [0.2, 0.25) is 0 Å². The second-order valence-corrected chi connectivity index (χ2v) is 8.56. The summed E-state index contributed by atoms with van der Waals surface area (Å²) in [4.78, 5) is 18.5. The average Bonchev–Trinajstić information content (AvgIpc) is 3.27. The summed E-state index contributed by atoms with van der Waals surface area (Å²) in [7, 11) is 0. The van der Waals surface area contributed by atoms with Gasteiger partial charge in [-0.1, -0.05) is 11.6 Å². The van der Waals surface area contributed by atoms with E-state index in [1.165, 1.54) is 24.8 Å². The Morgan fingerprint density at radius 1 is 1.12 bits per heavy atom. The van der Waals surface area contributed by atoms with Crippen molar-refractivity contribution in [1.82, 2.24) is 20.6 Å². The molecule has 2 aliphatic rings. The molecule has 0 saturated carbocycles. The first-order chi connectivity index (χ1) is 15.2.